The Labute approximate surface area is 123 Å². The summed E-state index contributed by atoms with van der Waals surface area (Å²) in [6, 6.07) is 10.8. The second-order valence-electron chi connectivity index (χ2n) is 4.53. The van der Waals surface area contributed by atoms with Gasteiger partial charge in [-0.15, -0.1) is 0 Å². The first-order chi connectivity index (χ1) is 10.0. The first kappa shape index (κ1) is 15.3. The van der Waals surface area contributed by atoms with E-state index in [2.05, 4.69) is 9.71 Å². The van der Waals surface area contributed by atoms with Crippen LogP contribution in [0.5, 0.6) is 0 Å². The Bertz CT molecular complexity index is 741. The molecule has 0 saturated carbocycles. The number of aromatic nitrogens is 1. The molecule has 6 nitrogen and oxygen atoms in total. The quantitative estimate of drug-likeness (QED) is 0.826. The minimum absolute atomic E-state index is 0.210. The minimum Gasteiger partial charge on any atom is -0.373 e. The molecule has 2 aromatic rings. The first-order valence-electron chi connectivity index (χ1n) is 6.44. The Morgan fingerprint density at radius 1 is 1.19 bits per heavy atom. The number of pyridine rings is 1. The summed E-state index contributed by atoms with van der Waals surface area (Å²) in [7, 11) is -1.92. The number of benzene rings is 1. The molecule has 1 aromatic heterocycles. The molecule has 112 valence electrons. The smallest absolute Gasteiger partial charge is 0.245 e. The highest BCUT2D eigenvalue weighted by molar-refractivity contribution is 7.89. The van der Waals surface area contributed by atoms with Crippen LogP contribution in [0.3, 0.4) is 0 Å². The molecule has 7 heteroatoms. The highest BCUT2D eigenvalue weighted by Crippen LogP contribution is 2.10. The van der Waals surface area contributed by atoms with Gasteiger partial charge in [-0.2, -0.15) is 0 Å². The van der Waals surface area contributed by atoms with Gasteiger partial charge in [-0.25, -0.2) is 13.1 Å². The zero-order chi connectivity index (χ0) is 15.3. The van der Waals surface area contributed by atoms with Crippen molar-refractivity contribution in [2.45, 2.75) is 4.90 Å². The molecule has 2 N–H and O–H groups in total. The molecule has 0 saturated heterocycles. The summed E-state index contributed by atoms with van der Waals surface area (Å²) in [6.45, 7) is 0.704. The highest BCUT2D eigenvalue weighted by atomic mass is 32.2. The molecule has 21 heavy (non-hydrogen) atoms. The Balaban J connectivity index is 1.97. The van der Waals surface area contributed by atoms with Crippen LogP contribution in [0.4, 0.5) is 5.69 Å². The number of likely N-dealkylation sites (N-methyl/N-ethyl adjacent to an activating group) is 1. The number of hydrogen-bond acceptors (Lipinski definition) is 4. The third-order valence-corrected chi connectivity index (χ3v) is 4.50. The molecular weight excluding hydrogens is 290 g/mol. The topological polar surface area (TPSA) is 82.3 Å². The van der Waals surface area contributed by atoms with Crippen molar-refractivity contribution >= 4 is 15.7 Å². The second-order valence-corrected chi connectivity index (χ2v) is 6.26. The maximum atomic E-state index is 12.0. The summed E-state index contributed by atoms with van der Waals surface area (Å²) in [6.07, 6.45) is 2.58. The van der Waals surface area contributed by atoms with Gasteiger partial charge in [-0.3, -0.25) is 4.79 Å². The Kier molecular flexibility index (Phi) is 4.77. The van der Waals surface area contributed by atoms with Gasteiger partial charge >= 0.3 is 0 Å². The van der Waals surface area contributed by atoms with E-state index in [1.807, 2.05) is 42.3 Å². The van der Waals surface area contributed by atoms with Crippen LogP contribution >= 0.6 is 0 Å². The summed E-state index contributed by atoms with van der Waals surface area (Å²) < 4.78 is 26.5. The molecule has 0 aliphatic carbocycles. The molecule has 0 spiro atoms. The van der Waals surface area contributed by atoms with Crippen LogP contribution < -0.4 is 15.1 Å². The number of anilines is 1. The molecule has 0 unspecified atom stereocenters. The van der Waals surface area contributed by atoms with E-state index in [0.29, 0.717) is 6.54 Å². The van der Waals surface area contributed by atoms with Gasteiger partial charge in [0, 0.05) is 44.3 Å². The standard InChI is InChI=1S/C14H17N3O3S/c1-17(12-5-3-2-4-6-12)10-9-16-21(19,20)14-11-15-8-7-13(14)18/h2-8,11,16H,9-10H2,1H3,(H,15,18). The Hall–Kier alpha value is -2.12. The summed E-state index contributed by atoms with van der Waals surface area (Å²) >= 11 is 0. The maximum absolute atomic E-state index is 12.0. The van der Waals surface area contributed by atoms with Gasteiger partial charge < -0.3 is 9.88 Å². The lowest BCUT2D eigenvalue weighted by Crippen LogP contribution is -2.34. The van der Waals surface area contributed by atoms with Crippen LogP contribution in [0, 0.1) is 0 Å². The molecule has 0 amide bonds. The van der Waals surface area contributed by atoms with E-state index < -0.39 is 15.5 Å². The lowest BCUT2D eigenvalue weighted by molar-refractivity contribution is 0.580. The Morgan fingerprint density at radius 2 is 1.90 bits per heavy atom. The van der Waals surface area contributed by atoms with Crippen LogP contribution in [0.1, 0.15) is 0 Å². The summed E-state index contributed by atoms with van der Waals surface area (Å²) in [4.78, 5) is 15.8. The SMILES string of the molecule is CN(CCNS(=O)(=O)c1c[nH]ccc1=O)c1ccccc1. The fourth-order valence-corrected chi connectivity index (χ4v) is 2.92. The van der Waals surface area contributed by atoms with Gasteiger partial charge in [0.2, 0.25) is 15.5 Å². The van der Waals surface area contributed by atoms with Gasteiger partial charge in [-0.05, 0) is 12.1 Å². The van der Waals surface area contributed by atoms with Crippen LogP contribution in [0.25, 0.3) is 0 Å². The van der Waals surface area contributed by atoms with Crippen LogP contribution in [0.2, 0.25) is 0 Å². The van der Waals surface area contributed by atoms with Crippen molar-refractivity contribution in [1.82, 2.24) is 9.71 Å². The van der Waals surface area contributed by atoms with E-state index in [1.54, 1.807) is 0 Å². The van der Waals surface area contributed by atoms with Crippen molar-refractivity contribution in [3.8, 4) is 0 Å². The number of sulfonamides is 1. The number of nitrogens with one attached hydrogen (secondary N) is 2. The average Bonchev–Trinajstić information content (AvgIpc) is 2.48. The third kappa shape index (κ3) is 3.93. The number of nitrogens with zero attached hydrogens (tertiary/aromatic N) is 1. The molecule has 0 bridgehead atoms. The molecule has 0 radical (unpaired) electrons. The largest absolute Gasteiger partial charge is 0.373 e. The highest BCUT2D eigenvalue weighted by Gasteiger charge is 2.17. The van der Waals surface area contributed by atoms with E-state index in [-0.39, 0.29) is 11.4 Å². The number of hydrogen-bond donors (Lipinski definition) is 2. The van der Waals surface area contributed by atoms with Crippen LogP contribution in [-0.2, 0) is 10.0 Å². The molecule has 2 rings (SSSR count). The lowest BCUT2D eigenvalue weighted by atomic mass is 10.3. The van der Waals surface area contributed by atoms with Gasteiger partial charge in [0.15, 0.2) is 0 Å². The number of para-hydroxylation sites is 1. The minimum atomic E-state index is -3.79. The zero-order valence-corrected chi connectivity index (χ0v) is 12.4. The molecule has 1 heterocycles. The molecule has 0 fully saturated rings. The van der Waals surface area contributed by atoms with Crippen molar-refractivity contribution < 1.29 is 8.42 Å². The van der Waals surface area contributed by atoms with Crippen molar-refractivity contribution in [3.63, 3.8) is 0 Å². The number of aromatic amines is 1. The fourth-order valence-electron chi connectivity index (χ4n) is 1.85. The molecule has 1 aromatic carbocycles. The van der Waals surface area contributed by atoms with Crippen LogP contribution in [0.15, 0.2) is 58.5 Å². The lowest BCUT2D eigenvalue weighted by Gasteiger charge is -2.19. The zero-order valence-electron chi connectivity index (χ0n) is 11.6. The maximum Gasteiger partial charge on any atom is 0.245 e. The van der Waals surface area contributed by atoms with Crippen molar-refractivity contribution in [1.29, 1.82) is 0 Å². The first-order valence-corrected chi connectivity index (χ1v) is 7.92. The average molecular weight is 307 g/mol. The summed E-state index contributed by atoms with van der Waals surface area (Å²) in [5, 5.41) is 0. The van der Waals surface area contributed by atoms with E-state index in [9.17, 15) is 13.2 Å². The van der Waals surface area contributed by atoms with E-state index in [1.165, 1.54) is 18.5 Å². The van der Waals surface area contributed by atoms with E-state index >= 15 is 0 Å². The predicted molar refractivity (Wildman–Crippen MR) is 82.0 cm³/mol. The summed E-state index contributed by atoms with van der Waals surface area (Å²) in [5.41, 5.74) is 0.465. The Morgan fingerprint density at radius 3 is 2.57 bits per heavy atom. The van der Waals surface area contributed by atoms with E-state index in [0.717, 1.165) is 5.69 Å². The molecular formula is C14H17N3O3S. The predicted octanol–water partition coefficient (Wildman–Crippen LogP) is 0.790. The van der Waals surface area contributed by atoms with Crippen LogP contribution in [-0.4, -0.2) is 33.5 Å². The fraction of sp³-hybridized carbons (Fsp3) is 0.214. The van der Waals surface area contributed by atoms with Gasteiger partial charge in [0.25, 0.3) is 0 Å². The normalized spacial score (nSPS) is 11.3. The summed E-state index contributed by atoms with van der Waals surface area (Å²) in [5.74, 6) is 0. The van der Waals surface area contributed by atoms with Gasteiger partial charge in [-0.1, -0.05) is 18.2 Å². The third-order valence-electron chi connectivity index (χ3n) is 3.01. The van der Waals surface area contributed by atoms with Gasteiger partial charge in [0.1, 0.15) is 4.90 Å². The van der Waals surface area contributed by atoms with E-state index in [4.69, 9.17) is 0 Å². The van der Waals surface area contributed by atoms with Crippen molar-refractivity contribution in [2.75, 3.05) is 25.0 Å². The monoisotopic (exact) mass is 307 g/mol. The number of rotatable bonds is 6. The molecule has 0 atom stereocenters. The second kappa shape index (κ2) is 6.55. The van der Waals surface area contributed by atoms with Gasteiger partial charge in [0.05, 0.1) is 0 Å². The van der Waals surface area contributed by atoms with Crippen molar-refractivity contribution in [3.05, 3.63) is 59.0 Å². The molecule has 0 aliphatic rings. The molecule has 0 aliphatic heterocycles. The van der Waals surface area contributed by atoms with Crippen molar-refractivity contribution in [2.24, 2.45) is 0 Å². The number of H-pyrrole nitrogens is 1.